The first-order valence-corrected chi connectivity index (χ1v) is 7.79. The first-order chi connectivity index (χ1) is 13.1. The van der Waals surface area contributed by atoms with Crippen molar-refractivity contribution in [2.45, 2.75) is 6.18 Å². The van der Waals surface area contributed by atoms with Crippen molar-refractivity contribution in [1.82, 2.24) is 0 Å². The highest BCUT2D eigenvalue weighted by Gasteiger charge is 2.33. The summed E-state index contributed by atoms with van der Waals surface area (Å²) in [4.78, 5) is 22.3. The van der Waals surface area contributed by atoms with Crippen molar-refractivity contribution < 1.29 is 22.9 Å². The lowest BCUT2D eigenvalue weighted by Gasteiger charge is -2.12. The van der Waals surface area contributed by atoms with Gasteiger partial charge in [-0.2, -0.15) is 18.4 Å². The number of benzene rings is 2. The molecule has 0 unspecified atom stereocenters. The van der Waals surface area contributed by atoms with Crippen molar-refractivity contribution in [2.24, 2.45) is 0 Å². The van der Waals surface area contributed by atoms with Crippen molar-refractivity contribution in [2.75, 3.05) is 10.6 Å². The molecule has 0 spiro atoms. The fourth-order valence-electron chi connectivity index (χ4n) is 2.07. The number of amides is 1. The van der Waals surface area contributed by atoms with E-state index in [-0.39, 0.29) is 22.1 Å². The number of para-hydroxylation sites is 1. The number of carbonyl (C=O) groups is 1. The van der Waals surface area contributed by atoms with Gasteiger partial charge in [0.25, 0.3) is 11.6 Å². The van der Waals surface area contributed by atoms with E-state index in [9.17, 15) is 28.1 Å². The number of alkyl halides is 3. The van der Waals surface area contributed by atoms with Crippen LogP contribution in [0.4, 0.5) is 30.2 Å². The summed E-state index contributed by atoms with van der Waals surface area (Å²) >= 11 is 5.86. The number of hydrogen-bond donors (Lipinski definition) is 2. The molecule has 0 aliphatic carbocycles. The quantitative estimate of drug-likeness (QED) is 0.321. The van der Waals surface area contributed by atoms with Crippen molar-refractivity contribution in [3.63, 3.8) is 0 Å². The van der Waals surface area contributed by atoms with Crippen LogP contribution < -0.4 is 10.6 Å². The Morgan fingerprint density at radius 2 is 1.89 bits per heavy atom. The minimum atomic E-state index is -4.64. The number of nitro benzene ring substituents is 1. The Kier molecular flexibility index (Phi) is 6.22. The summed E-state index contributed by atoms with van der Waals surface area (Å²) in [6, 6.07) is 9.34. The lowest BCUT2D eigenvalue weighted by atomic mass is 10.1. The second-order valence-corrected chi connectivity index (χ2v) is 5.64. The number of nitriles is 1. The van der Waals surface area contributed by atoms with Gasteiger partial charge >= 0.3 is 6.18 Å². The molecule has 0 atom stereocenters. The Morgan fingerprint density at radius 1 is 1.21 bits per heavy atom. The number of anilines is 2. The number of hydrogen-bond acceptors (Lipinski definition) is 5. The molecule has 2 aromatic rings. The predicted octanol–water partition coefficient (Wildman–Crippen LogP) is 4.73. The first-order valence-electron chi connectivity index (χ1n) is 7.42. The van der Waals surface area contributed by atoms with E-state index >= 15 is 0 Å². The topological polar surface area (TPSA) is 108 Å². The van der Waals surface area contributed by atoms with Gasteiger partial charge in [-0.25, -0.2) is 0 Å². The standard InChI is InChI=1S/C17H10ClF3N4O3/c18-13-6-5-11(25(27)28)7-15(13)24-16(26)10(8-22)9-23-14-4-2-1-3-12(14)17(19,20)21/h1-7,9,23H,(H,24,26)/b10-9-. The van der Waals surface area contributed by atoms with Crippen LogP contribution in [0, 0.1) is 21.4 Å². The molecule has 0 aliphatic rings. The number of nitro groups is 1. The summed E-state index contributed by atoms with van der Waals surface area (Å²) < 4.78 is 38.9. The Morgan fingerprint density at radius 3 is 2.50 bits per heavy atom. The molecule has 7 nitrogen and oxygen atoms in total. The van der Waals surface area contributed by atoms with Gasteiger partial charge in [0.05, 0.1) is 26.9 Å². The molecular weight excluding hydrogens is 401 g/mol. The maximum Gasteiger partial charge on any atom is 0.418 e. The van der Waals surface area contributed by atoms with Gasteiger partial charge in [0, 0.05) is 18.3 Å². The highest BCUT2D eigenvalue weighted by atomic mass is 35.5. The largest absolute Gasteiger partial charge is 0.418 e. The third-order valence-corrected chi connectivity index (χ3v) is 3.71. The number of nitrogens with zero attached hydrogens (tertiary/aromatic N) is 2. The summed E-state index contributed by atoms with van der Waals surface area (Å²) in [6.07, 6.45) is -3.84. The van der Waals surface area contributed by atoms with E-state index in [2.05, 4.69) is 10.6 Å². The molecule has 2 N–H and O–H groups in total. The van der Waals surface area contributed by atoms with Gasteiger partial charge in [-0.3, -0.25) is 14.9 Å². The average molecular weight is 411 g/mol. The van der Waals surface area contributed by atoms with Gasteiger partial charge in [-0.05, 0) is 18.2 Å². The van der Waals surface area contributed by atoms with Gasteiger partial charge < -0.3 is 10.6 Å². The van der Waals surface area contributed by atoms with Crippen LogP contribution in [-0.4, -0.2) is 10.8 Å². The molecule has 0 saturated heterocycles. The van der Waals surface area contributed by atoms with E-state index in [1.165, 1.54) is 24.3 Å². The Hall–Kier alpha value is -3.58. The molecule has 2 rings (SSSR count). The van der Waals surface area contributed by atoms with E-state index in [0.717, 1.165) is 30.5 Å². The Bertz CT molecular complexity index is 1000. The van der Waals surface area contributed by atoms with E-state index < -0.39 is 28.1 Å². The highest BCUT2D eigenvalue weighted by molar-refractivity contribution is 6.34. The minimum absolute atomic E-state index is 0.0217. The second-order valence-electron chi connectivity index (χ2n) is 5.23. The van der Waals surface area contributed by atoms with Crippen LogP contribution in [-0.2, 0) is 11.0 Å². The summed E-state index contributed by atoms with van der Waals surface area (Å²) in [7, 11) is 0. The Labute approximate surface area is 161 Å². The highest BCUT2D eigenvalue weighted by Crippen LogP contribution is 2.34. The molecule has 2 aromatic carbocycles. The van der Waals surface area contributed by atoms with Crippen molar-refractivity contribution in [3.8, 4) is 6.07 Å². The Balaban J connectivity index is 2.25. The number of carbonyl (C=O) groups excluding carboxylic acids is 1. The number of halogens is 4. The number of non-ortho nitro benzene ring substituents is 1. The maximum absolute atomic E-state index is 13.0. The van der Waals surface area contributed by atoms with Crippen LogP contribution >= 0.6 is 11.6 Å². The van der Waals surface area contributed by atoms with Crippen LogP contribution in [0.3, 0.4) is 0 Å². The minimum Gasteiger partial charge on any atom is -0.360 e. The fourth-order valence-corrected chi connectivity index (χ4v) is 2.23. The summed E-state index contributed by atoms with van der Waals surface area (Å²) in [5, 5.41) is 24.4. The van der Waals surface area contributed by atoms with Crippen LogP contribution in [0.15, 0.2) is 54.2 Å². The molecule has 0 fully saturated rings. The van der Waals surface area contributed by atoms with E-state index in [1.807, 2.05) is 0 Å². The summed E-state index contributed by atoms with van der Waals surface area (Å²) in [5.41, 5.74) is -2.38. The molecule has 0 aliphatic heterocycles. The SMILES string of the molecule is N#C/C(=C/Nc1ccccc1C(F)(F)F)C(=O)Nc1cc([N+](=O)[O-])ccc1Cl. The third-order valence-electron chi connectivity index (χ3n) is 3.38. The molecule has 0 heterocycles. The zero-order chi connectivity index (χ0) is 20.9. The zero-order valence-corrected chi connectivity index (χ0v) is 14.5. The molecular formula is C17H10ClF3N4O3. The smallest absolute Gasteiger partial charge is 0.360 e. The third kappa shape index (κ3) is 4.99. The van der Waals surface area contributed by atoms with Gasteiger partial charge in [0.1, 0.15) is 11.6 Å². The maximum atomic E-state index is 13.0. The molecule has 0 saturated carbocycles. The van der Waals surface area contributed by atoms with E-state index in [1.54, 1.807) is 0 Å². The van der Waals surface area contributed by atoms with E-state index in [4.69, 9.17) is 16.9 Å². The van der Waals surface area contributed by atoms with Gasteiger partial charge in [0.2, 0.25) is 0 Å². The van der Waals surface area contributed by atoms with Gasteiger partial charge in [0.15, 0.2) is 0 Å². The van der Waals surface area contributed by atoms with Crippen LogP contribution in [0.1, 0.15) is 5.56 Å². The molecule has 144 valence electrons. The predicted molar refractivity (Wildman–Crippen MR) is 95.5 cm³/mol. The van der Waals surface area contributed by atoms with Crippen molar-refractivity contribution >= 4 is 34.6 Å². The van der Waals surface area contributed by atoms with E-state index in [0.29, 0.717) is 0 Å². The molecule has 1 amide bonds. The molecule has 0 bridgehead atoms. The van der Waals surface area contributed by atoms with Crippen LogP contribution in [0.5, 0.6) is 0 Å². The zero-order valence-electron chi connectivity index (χ0n) is 13.7. The van der Waals surface area contributed by atoms with Gasteiger partial charge in [-0.1, -0.05) is 23.7 Å². The van der Waals surface area contributed by atoms with Crippen molar-refractivity contribution in [3.05, 3.63) is 74.9 Å². The molecule has 0 aromatic heterocycles. The fraction of sp³-hybridized carbons (Fsp3) is 0.0588. The van der Waals surface area contributed by atoms with Crippen molar-refractivity contribution in [1.29, 1.82) is 5.26 Å². The van der Waals surface area contributed by atoms with Crippen LogP contribution in [0.25, 0.3) is 0 Å². The second kappa shape index (κ2) is 8.41. The lowest BCUT2D eigenvalue weighted by molar-refractivity contribution is -0.384. The molecule has 28 heavy (non-hydrogen) atoms. The van der Waals surface area contributed by atoms with Crippen LogP contribution in [0.2, 0.25) is 5.02 Å². The first kappa shape index (κ1) is 20.7. The number of nitrogens with one attached hydrogen (secondary N) is 2. The van der Waals surface area contributed by atoms with Gasteiger partial charge in [-0.15, -0.1) is 0 Å². The number of rotatable bonds is 5. The summed E-state index contributed by atoms with van der Waals surface area (Å²) in [6.45, 7) is 0. The molecule has 0 radical (unpaired) electrons. The lowest BCUT2D eigenvalue weighted by Crippen LogP contribution is -2.15. The summed E-state index contributed by atoms with van der Waals surface area (Å²) in [5.74, 6) is -1.01. The average Bonchev–Trinajstić information content (AvgIpc) is 2.63. The monoisotopic (exact) mass is 410 g/mol. The molecule has 11 heteroatoms. The normalized spacial score (nSPS) is 11.5.